The molecule has 0 saturated heterocycles. The summed E-state index contributed by atoms with van der Waals surface area (Å²) in [4.78, 5) is 0. The molecule has 0 bridgehead atoms. The van der Waals surface area contributed by atoms with Gasteiger partial charge >= 0.3 is 33.3 Å². The normalized spacial score (nSPS) is 5.60. The van der Waals surface area contributed by atoms with E-state index in [4.69, 9.17) is 9.84 Å². The van der Waals surface area contributed by atoms with E-state index < -0.39 is 0 Å². The van der Waals surface area contributed by atoms with Crippen molar-refractivity contribution in [3.63, 3.8) is 0 Å². The van der Waals surface area contributed by atoms with Crippen molar-refractivity contribution in [2.24, 2.45) is 0 Å². The molecule has 39 valence electrons. The van der Waals surface area contributed by atoms with Gasteiger partial charge in [-0.2, -0.15) is 0 Å². The van der Waals surface area contributed by atoms with Crippen molar-refractivity contribution in [1.82, 2.24) is 0 Å². The molecule has 0 aromatic carbocycles. The summed E-state index contributed by atoms with van der Waals surface area (Å²) < 4.78 is 8.50. The summed E-state index contributed by atoms with van der Waals surface area (Å²) >= 11 is 0.757. The molecule has 0 fully saturated rings. The van der Waals surface area contributed by atoms with Gasteiger partial charge in [-0.15, -0.1) is 0 Å². The molecular formula is HCl2CuFO. The van der Waals surface area contributed by atoms with Crippen LogP contribution < -0.4 is 0 Å². The Balaban J connectivity index is 0. The zero-order valence-electron chi connectivity index (χ0n) is 1.88. The molecule has 1 N–H and O–H groups in total. The Bertz CT molecular complexity index is 9.61. The fourth-order valence-corrected chi connectivity index (χ4v) is 0. The van der Waals surface area contributed by atoms with Crippen LogP contribution in [0, 0.1) is 0 Å². The van der Waals surface area contributed by atoms with Gasteiger partial charge in [-0.25, -0.2) is 5.31 Å². The SMILES string of the molecule is OF.[Cl][Cu][Cl]. The van der Waals surface area contributed by atoms with Gasteiger partial charge in [0.25, 0.3) is 0 Å². The van der Waals surface area contributed by atoms with Crippen LogP contribution in [0.1, 0.15) is 0 Å². The first-order chi connectivity index (χ1) is 2.41. The Hall–Kier alpha value is 0.989. The third-order valence-corrected chi connectivity index (χ3v) is 0. The van der Waals surface area contributed by atoms with Crippen molar-refractivity contribution in [2.45, 2.75) is 0 Å². The van der Waals surface area contributed by atoms with Crippen molar-refractivity contribution in [2.75, 3.05) is 0 Å². The van der Waals surface area contributed by atoms with E-state index >= 15 is 0 Å². The van der Waals surface area contributed by atoms with Gasteiger partial charge in [-0.3, -0.25) is 0 Å². The molecule has 0 amide bonds. The molecule has 0 rings (SSSR count). The summed E-state index contributed by atoms with van der Waals surface area (Å²) in [5.74, 6) is 0. The quantitative estimate of drug-likeness (QED) is 0.543. The minimum atomic E-state index is 0.757. The van der Waals surface area contributed by atoms with E-state index in [1.54, 1.807) is 0 Å². The molecule has 0 aliphatic carbocycles. The Kier molecular flexibility index (Phi) is 37.6. The van der Waals surface area contributed by atoms with E-state index in [0.29, 0.717) is 0 Å². The fourth-order valence-electron chi connectivity index (χ4n) is 0. The van der Waals surface area contributed by atoms with Crippen LogP contribution in [0.2, 0.25) is 0 Å². The summed E-state index contributed by atoms with van der Waals surface area (Å²) in [7, 11) is 9.34. The van der Waals surface area contributed by atoms with Gasteiger partial charge in [-0.05, 0) is 0 Å². The molecule has 0 radical (unpaired) electrons. The van der Waals surface area contributed by atoms with Crippen LogP contribution in [-0.4, -0.2) is 5.31 Å². The molecule has 0 spiro atoms. The first-order valence-corrected chi connectivity index (χ1v) is 2.99. The van der Waals surface area contributed by atoms with Crippen LogP contribution in [0.25, 0.3) is 0 Å². The summed E-state index contributed by atoms with van der Waals surface area (Å²) in [6.07, 6.45) is 0. The standard InChI is InChI=1S/2ClH.Cu.FHO/c;;;1-2/h2*1H;;2H/q;;+2;/p-2. The Morgan fingerprint density at radius 1 is 1.40 bits per heavy atom. The first kappa shape index (κ1) is 9.37. The van der Waals surface area contributed by atoms with Crippen LogP contribution in [0.15, 0.2) is 0 Å². The first-order valence-electron chi connectivity index (χ1n) is 0.397. The number of halogens is 3. The second-order valence-corrected chi connectivity index (χ2v) is 1.60. The zero-order valence-corrected chi connectivity index (χ0v) is 4.34. The molecule has 0 unspecified atom stereocenters. The topological polar surface area (TPSA) is 20.2 Å². The van der Waals surface area contributed by atoms with Gasteiger partial charge < -0.3 is 0 Å². The second-order valence-electron chi connectivity index (χ2n) is 0.0431. The fraction of sp³-hybridized carbons (Fsp3) is 0. The summed E-state index contributed by atoms with van der Waals surface area (Å²) in [5.41, 5.74) is 0. The second kappa shape index (κ2) is 20.1. The van der Waals surface area contributed by atoms with Gasteiger partial charge in [0.2, 0.25) is 0 Å². The molecule has 0 heterocycles. The average molecular weight is 170 g/mol. The van der Waals surface area contributed by atoms with Crippen molar-refractivity contribution >= 4 is 20.2 Å². The molecule has 0 aromatic rings. The summed E-state index contributed by atoms with van der Waals surface area (Å²) in [5, 5.41) is 5.50. The van der Waals surface area contributed by atoms with Crippen LogP contribution in [-0.2, 0) is 13.1 Å². The van der Waals surface area contributed by atoms with E-state index in [2.05, 4.69) is 20.2 Å². The molecule has 5 heavy (non-hydrogen) atoms. The molecule has 0 atom stereocenters. The average Bonchev–Trinajstić information content (AvgIpc) is 1.46. The zero-order chi connectivity index (χ0) is 4.71. The van der Waals surface area contributed by atoms with Crippen molar-refractivity contribution in [1.29, 1.82) is 0 Å². The molecule has 0 saturated carbocycles. The van der Waals surface area contributed by atoms with E-state index in [1.807, 2.05) is 0 Å². The Labute approximate surface area is 43.6 Å². The van der Waals surface area contributed by atoms with Crippen LogP contribution in [0.4, 0.5) is 4.53 Å². The predicted molar refractivity (Wildman–Crippen MR) is 15.0 cm³/mol. The maximum absolute atomic E-state index is 8.50. The predicted octanol–water partition coefficient (Wildman–Crippen LogP) is 1.24. The molecule has 1 nitrogen and oxygen atoms in total. The van der Waals surface area contributed by atoms with E-state index in [1.165, 1.54) is 0 Å². The third kappa shape index (κ3) is 45.5. The summed E-state index contributed by atoms with van der Waals surface area (Å²) in [6.45, 7) is 0. The van der Waals surface area contributed by atoms with Crippen molar-refractivity contribution in [3.05, 3.63) is 0 Å². The molecule has 0 aliphatic rings. The minimum absolute atomic E-state index is 0.757. The van der Waals surface area contributed by atoms with Crippen LogP contribution >= 0.6 is 20.2 Å². The van der Waals surface area contributed by atoms with Gasteiger partial charge in [0.15, 0.2) is 0 Å². The van der Waals surface area contributed by atoms with Crippen LogP contribution in [0.5, 0.6) is 0 Å². The van der Waals surface area contributed by atoms with Crippen LogP contribution in [0.3, 0.4) is 0 Å². The molecule has 5 heteroatoms. The van der Waals surface area contributed by atoms with E-state index in [9.17, 15) is 0 Å². The van der Waals surface area contributed by atoms with E-state index in [-0.39, 0.29) is 0 Å². The monoisotopic (exact) mass is 169 g/mol. The van der Waals surface area contributed by atoms with E-state index in [0.717, 1.165) is 13.1 Å². The Morgan fingerprint density at radius 2 is 1.40 bits per heavy atom. The number of hydrogen-bond donors (Lipinski definition) is 1. The van der Waals surface area contributed by atoms with Gasteiger partial charge in [0, 0.05) is 0 Å². The Morgan fingerprint density at radius 3 is 1.40 bits per heavy atom. The third-order valence-electron chi connectivity index (χ3n) is 0. The number of rotatable bonds is 0. The van der Waals surface area contributed by atoms with Gasteiger partial charge in [0.05, 0.1) is 0 Å². The molecular weight excluding hydrogens is 169 g/mol. The molecule has 0 aromatic heterocycles. The molecule has 0 aliphatic heterocycles. The number of hydrogen-bond acceptors (Lipinski definition) is 1. The summed E-state index contributed by atoms with van der Waals surface area (Å²) in [6, 6.07) is 0. The van der Waals surface area contributed by atoms with Gasteiger partial charge in [0.1, 0.15) is 0 Å². The van der Waals surface area contributed by atoms with Crippen molar-refractivity contribution in [3.8, 4) is 0 Å². The maximum atomic E-state index is 8.50. The van der Waals surface area contributed by atoms with Crippen molar-refractivity contribution < 1.29 is 23.0 Å². The van der Waals surface area contributed by atoms with Gasteiger partial charge in [-0.1, -0.05) is 4.53 Å².